The lowest BCUT2D eigenvalue weighted by molar-refractivity contribution is 0.576. The minimum absolute atomic E-state index is 0.618. The van der Waals surface area contributed by atoms with Gasteiger partial charge in [-0.2, -0.15) is 0 Å². The van der Waals surface area contributed by atoms with E-state index in [4.69, 9.17) is 10.5 Å². The van der Waals surface area contributed by atoms with Crippen LogP contribution in [0.4, 0.5) is 5.69 Å². The number of benzene rings is 1. The van der Waals surface area contributed by atoms with Gasteiger partial charge >= 0.3 is 0 Å². The molecule has 0 fully saturated rings. The van der Waals surface area contributed by atoms with E-state index in [9.17, 15) is 0 Å². The number of hydrogen-bond donors (Lipinski definition) is 1. The first-order valence-corrected chi connectivity index (χ1v) is 3.26. The van der Waals surface area contributed by atoms with Gasteiger partial charge in [-0.3, -0.25) is 4.99 Å². The van der Waals surface area contributed by atoms with E-state index in [0.29, 0.717) is 11.4 Å². The Bertz CT molecular complexity index is 258. The van der Waals surface area contributed by atoms with E-state index in [1.165, 1.54) is 6.40 Å². The van der Waals surface area contributed by atoms with Crippen molar-refractivity contribution in [1.82, 2.24) is 0 Å². The van der Waals surface area contributed by atoms with Crippen LogP contribution in [0.15, 0.2) is 29.3 Å². The third-order valence-electron chi connectivity index (χ3n) is 1.20. The van der Waals surface area contributed by atoms with Gasteiger partial charge in [0.05, 0.1) is 5.69 Å². The van der Waals surface area contributed by atoms with Gasteiger partial charge in [-0.15, -0.1) is 0 Å². The molecular weight excluding hydrogens is 140 g/mol. The summed E-state index contributed by atoms with van der Waals surface area (Å²) in [5, 5.41) is 0. The molecule has 0 aliphatic heterocycles. The molecule has 2 N–H and O–H groups in total. The Labute approximate surface area is 65.5 Å². The van der Waals surface area contributed by atoms with Gasteiger partial charge in [-0.25, -0.2) is 0 Å². The van der Waals surface area contributed by atoms with Gasteiger partial charge in [0.2, 0.25) is 0 Å². The van der Waals surface area contributed by atoms with Crippen LogP contribution in [0.3, 0.4) is 0 Å². The van der Waals surface area contributed by atoms with Crippen LogP contribution < -0.4 is 10.5 Å². The Hall–Kier alpha value is -1.51. The first kappa shape index (κ1) is 7.60. The van der Waals surface area contributed by atoms with Gasteiger partial charge < -0.3 is 10.5 Å². The van der Waals surface area contributed by atoms with E-state index >= 15 is 0 Å². The first-order valence-electron chi connectivity index (χ1n) is 3.26. The van der Waals surface area contributed by atoms with E-state index in [0.717, 1.165) is 0 Å². The van der Waals surface area contributed by atoms with Gasteiger partial charge in [-0.05, 0) is 12.1 Å². The van der Waals surface area contributed by atoms with Crippen molar-refractivity contribution in [3.8, 4) is 5.75 Å². The molecule has 0 bridgehead atoms. The minimum Gasteiger partial charge on any atom is -0.444 e. The molecule has 58 valence electrons. The Morgan fingerprint density at radius 3 is 2.82 bits per heavy atom. The fourth-order valence-electron chi connectivity index (χ4n) is 0.697. The van der Waals surface area contributed by atoms with E-state index in [2.05, 4.69) is 4.99 Å². The van der Waals surface area contributed by atoms with E-state index in [1.54, 1.807) is 19.2 Å². The highest BCUT2D eigenvalue weighted by Crippen LogP contribution is 2.18. The van der Waals surface area contributed by atoms with Crippen LogP contribution >= 0.6 is 0 Å². The van der Waals surface area contributed by atoms with Crippen LogP contribution in [-0.2, 0) is 0 Å². The van der Waals surface area contributed by atoms with Crippen molar-refractivity contribution in [1.29, 1.82) is 0 Å². The van der Waals surface area contributed by atoms with Gasteiger partial charge in [-0.1, -0.05) is 12.1 Å². The third-order valence-corrected chi connectivity index (χ3v) is 1.20. The molecule has 0 amide bonds. The number of nitrogens with two attached hydrogens (primary N) is 1. The molecule has 1 rings (SSSR count). The highest BCUT2D eigenvalue weighted by molar-refractivity contribution is 5.60. The van der Waals surface area contributed by atoms with E-state index in [-0.39, 0.29) is 0 Å². The summed E-state index contributed by atoms with van der Waals surface area (Å²) in [4.78, 5) is 3.67. The average Bonchev–Trinajstić information content (AvgIpc) is 2.03. The first-order chi connectivity index (χ1) is 5.34. The van der Waals surface area contributed by atoms with E-state index < -0.39 is 0 Å². The number of anilines is 1. The van der Waals surface area contributed by atoms with Gasteiger partial charge in [0.15, 0.2) is 12.2 Å². The average molecular weight is 150 g/mol. The molecule has 0 aliphatic carbocycles. The number of para-hydroxylation sites is 2. The number of nitrogen functional groups attached to an aromatic ring is 1. The molecule has 0 radical (unpaired) electrons. The molecule has 3 heteroatoms. The van der Waals surface area contributed by atoms with Gasteiger partial charge in [0.1, 0.15) is 0 Å². The highest BCUT2D eigenvalue weighted by atomic mass is 16.5. The topological polar surface area (TPSA) is 47.6 Å². The number of aliphatic imine (C=N–C) groups is 1. The zero-order chi connectivity index (χ0) is 8.10. The maximum atomic E-state index is 5.57. The second-order valence-electron chi connectivity index (χ2n) is 2.02. The Balaban J connectivity index is 2.77. The predicted octanol–water partition coefficient (Wildman–Crippen LogP) is 1.31. The Kier molecular flexibility index (Phi) is 2.49. The third kappa shape index (κ3) is 1.97. The zero-order valence-corrected chi connectivity index (χ0v) is 6.32. The van der Waals surface area contributed by atoms with E-state index in [1.807, 2.05) is 12.1 Å². The molecular formula is C8H10N2O. The fraction of sp³-hybridized carbons (Fsp3) is 0.125. The van der Waals surface area contributed by atoms with Crippen LogP contribution in [0, 0.1) is 0 Å². The summed E-state index contributed by atoms with van der Waals surface area (Å²) < 4.78 is 5.07. The van der Waals surface area contributed by atoms with Crippen LogP contribution in [0.5, 0.6) is 5.75 Å². The lowest BCUT2D eigenvalue weighted by Gasteiger charge is -2.00. The smallest absolute Gasteiger partial charge is 0.176 e. The van der Waals surface area contributed by atoms with Crippen LogP contribution in [0.25, 0.3) is 0 Å². The van der Waals surface area contributed by atoms with Gasteiger partial charge in [0, 0.05) is 7.05 Å². The van der Waals surface area contributed by atoms with Crippen LogP contribution in [0.2, 0.25) is 0 Å². The predicted molar refractivity (Wildman–Crippen MR) is 45.9 cm³/mol. The summed E-state index contributed by atoms with van der Waals surface area (Å²) in [6.07, 6.45) is 1.35. The van der Waals surface area contributed by atoms with Crippen molar-refractivity contribution in [2.45, 2.75) is 0 Å². The summed E-state index contributed by atoms with van der Waals surface area (Å²) in [6.45, 7) is 0. The van der Waals surface area contributed by atoms with Crippen molar-refractivity contribution in [2.75, 3.05) is 12.8 Å². The van der Waals surface area contributed by atoms with Gasteiger partial charge in [0.25, 0.3) is 0 Å². The molecule has 0 heterocycles. The summed E-state index contributed by atoms with van der Waals surface area (Å²) in [6, 6.07) is 7.27. The lowest BCUT2D eigenvalue weighted by Crippen LogP contribution is -1.94. The zero-order valence-electron chi connectivity index (χ0n) is 6.32. The number of rotatable bonds is 2. The summed E-state index contributed by atoms with van der Waals surface area (Å²) in [7, 11) is 1.64. The standard InChI is InChI=1S/C8H10N2O/c1-10-6-11-8-5-3-2-4-7(8)9/h2-6H,9H2,1H3. The number of nitrogens with zero attached hydrogens (tertiary/aromatic N) is 1. The molecule has 0 atom stereocenters. The van der Waals surface area contributed by atoms with Crippen LogP contribution in [-0.4, -0.2) is 13.4 Å². The van der Waals surface area contributed by atoms with Crippen molar-refractivity contribution in [3.05, 3.63) is 24.3 Å². The summed E-state index contributed by atoms with van der Waals surface area (Å²) in [5.74, 6) is 0.637. The summed E-state index contributed by atoms with van der Waals surface area (Å²) >= 11 is 0. The van der Waals surface area contributed by atoms with Crippen molar-refractivity contribution in [2.24, 2.45) is 4.99 Å². The Morgan fingerprint density at radius 2 is 2.18 bits per heavy atom. The normalized spacial score (nSPS) is 10.3. The fourth-order valence-corrected chi connectivity index (χ4v) is 0.697. The molecule has 0 aromatic heterocycles. The number of ether oxygens (including phenoxy) is 1. The lowest BCUT2D eigenvalue weighted by atomic mass is 10.3. The second kappa shape index (κ2) is 3.61. The largest absolute Gasteiger partial charge is 0.444 e. The molecule has 0 aliphatic rings. The molecule has 0 saturated carbocycles. The number of hydrogen-bond acceptors (Lipinski definition) is 3. The summed E-state index contributed by atoms with van der Waals surface area (Å²) in [5.41, 5.74) is 6.19. The van der Waals surface area contributed by atoms with Crippen molar-refractivity contribution < 1.29 is 4.74 Å². The molecule has 11 heavy (non-hydrogen) atoms. The van der Waals surface area contributed by atoms with Crippen molar-refractivity contribution in [3.63, 3.8) is 0 Å². The van der Waals surface area contributed by atoms with Crippen LogP contribution in [0.1, 0.15) is 0 Å². The SMILES string of the molecule is CN=COc1ccccc1N. The quantitative estimate of drug-likeness (QED) is 0.392. The molecule has 3 nitrogen and oxygen atoms in total. The monoisotopic (exact) mass is 150 g/mol. The van der Waals surface area contributed by atoms with Crippen molar-refractivity contribution >= 4 is 12.1 Å². The maximum absolute atomic E-state index is 5.57. The highest BCUT2D eigenvalue weighted by Gasteiger charge is 1.94. The maximum Gasteiger partial charge on any atom is 0.176 e. The molecule has 0 saturated heterocycles. The molecule has 1 aromatic carbocycles. The molecule has 0 spiro atoms. The Morgan fingerprint density at radius 1 is 1.45 bits per heavy atom. The minimum atomic E-state index is 0.618. The molecule has 1 aromatic rings. The second-order valence-corrected chi connectivity index (χ2v) is 2.02. The molecule has 0 unspecified atom stereocenters.